The maximum absolute atomic E-state index is 4.29. The highest BCUT2D eigenvalue weighted by Crippen LogP contribution is 2.01. The second kappa shape index (κ2) is 11.9. The predicted octanol–water partition coefficient (Wildman–Crippen LogP) is 3.00. The first-order valence-corrected chi connectivity index (χ1v) is 8.25. The van der Waals surface area contributed by atoms with Gasteiger partial charge in [0.15, 0.2) is 5.96 Å². The molecule has 0 aliphatic carbocycles. The lowest BCUT2D eigenvalue weighted by atomic mass is 10.1. The minimum Gasteiger partial charge on any atom is -0.356 e. The number of guanidine groups is 1. The summed E-state index contributed by atoms with van der Waals surface area (Å²) in [6, 6.07) is 10.6. The Morgan fingerprint density at radius 3 is 2.46 bits per heavy atom. The Kier molecular flexibility index (Phi) is 10.1. The van der Waals surface area contributed by atoms with Gasteiger partial charge in [-0.15, -0.1) is 24.0 Å². The third kappa shape index (κ3) is 7.81. The van der Waals surface area contributed by atoms with Gasteiger partial charge in [0.2, 0.25) is 0 Å². The molecule has 1 heterocycles. The van der Waals surface area contributed by atoms with Gasteiger partial charge in [-0.3, -0.25) is 9.67 Å². The van der Waals surface area contributed by atoms with E-state index in [9.17, 15) is 0 Å². The molecule has 0 saturated heterocycles. The van der Waals surface area contributed by atoms with Crippen LogP contribution in [-0.4, -0.2) is 35.9 Å². The molecule has 2 aromatic rings. The van der Waals surface area contributed by atoms with Crippen molar-refractivity contribution in [2.75, 3.05) is 20.1 Å². The first-order valence-electron chi connectivity index (χ1n) is 8.25. The molecule has 0 atom stereocenters. The van der Waals surface area contributed by atoms with E-state index in [1.165, 1.54) is 11.1 Å². The van der Waals surface area contributed by atoms with E-state index >= 15 is 0 Å². The van der Waals surface area contributed by atoms with Gasteiger partial charge >= 0.3 is 0 Å². The van der Waals surface area contributed by atoms with Crippen LogP contribution in [0.3, 0.4) is 0 Å². The highest BCUT2D eigenvalue weighted by atomic mass is 127. The van der Waals surface area contributed by atoms with Gasteiger partial charge < -0.3 is 10.6 Å². The lowest BCUT2D eigenvalue weighted by molar-refractivity contribution is 0.569. The molecular weight excluding hydrogens is 413 g/mol. The largest absolute Gasteiger partial charge is 0.356 e. The average Bonchev–Trinajstić information content (AvgIpc) is 2.99. The molecule has 6 heteroatoms. The van der Waals surface area contributed by atoms with Crippen LogP contribution in [0.25, 0.3) is 0 Å². The molecule has 0 unspecified atom stereocenters. The lowest BCUT2D eigenvalue weighted by Gasteiger charge is -2.11. The van der Waals surface area contributed by atoms with E-state index in [-0.39, 0.29) is 24.0 Å². The van der Waals surface area contributed by atoms with Crippen molar-refractivity contribution in [3.05, 3.63) is 53.9 Å². The fourth-order valence-electron chi connectivity index (χ4n) is 2.40. The van der Waals surface area contributed by atoms with E-state index in [1.54, 1.807) is 0 Å². The van der Waals surface area contributed by atoms with Gasteiger partial charge in [0.25, 0.3) is 0 Å². The number of rotatable bonds is 8. The Labute approximate surface area is 162 Å². The number of aliphatic imine (C=N–C) groups is 1. The van der Waals surface area contributed by atoms with Crippen LogP contribution in [0.4, 0.5) is 0 Å². The number of hydrogen-bond donors (Lipinski definition) is 2. The van der Waals surface area contributed by atoms with Crippen molar-refractivity contribution >= 4 is 29.9 Å². The first kappa shape index (κ1) is 20.5. The fraction of sp³-hybridized carbons (Fsp3) is 0.444. The first-order chi connectivity index (χ1) is 11.3. The van der Waals surface area contributed by atoms with E-state index in [0.717, 1.165) is 44.9 Å². The molecule has 0 radical (unpaired) electrons. The van der Waals surface area contributed by atoms with Gasteiger partial charge in [0.1, 0.15) is 0 Å². The van der Waals surface area contributed by atoms with Crippen LogP contribution >= 0.6 is 24.0 Å². The van der Waals surface area contributed by atoms with Crippen LogP contribution in [0, 0.1) is 6.92 Å². The maximum atomic E-state index is 4.29. The minimum atomic E-state index is 0. The van der Waals surface area contributed by atoms with Crippen LogP contribution in [0.2, 0.25) is 0 Å². The summed E-state index contributed by atoms with van der Waals surface area (Å²) in [5, 5.41) is 11.0. The number of benzene rings is 1. The molecule has 5 nitrogen and oxygen atoms in total. The topological polar surface area (TPSA) is 54.2 Å². The van der Waals surface area contributed by atoms with Gasteiger partial charge in [-0.2, -0.15) is 5.10 Å². The van der Waals surface area contributed by atoms with Crippen LogP contribution in [0.5, 0.6) is 0 Å². The molecule has 0 aliphatic rings. The average molecular weight is 441 g/mol. The maximum Gasteiger partial charge on any atom is 0.190 e. The van der Waals surface area contributed by atoms with Crippen molar-refractivity contribution in [1.82, 2.24) is 20.4 Å². The van der Waals surface area contributed by atoms with Crippen molar-refractivity contribution in [3.8, 4) is 0 Å². The Bertz CT molecular complexity index is 594. The standard InChI is InChI=1S/C18H27N5.HI/c1-16-14-22-23(15-16)13-7-12-21-18(19-2)20-11-6-10-17-8-4-3-5-9-17;/h3-5,8-9,14-15H,6-7,10-13H2,1-2H3,(H2,19,20,21);1H. The lowest BCUT2D eigenvalue weighted by Crippen LogP contribution is -2.38. The van der Waals surface area contributed by atoms with Crippen molar-refractivity contribution in [2.24, 2.45) is 4.99 Å². The molecule has 2 rings (SSSR count). The summed E-state index contributed by atoms with van der Waals surface area (Å²) in [4.78, 5) is 4.25. The SMILES string of the molecule is CN=C(NCCCc1ccccc1)NCCCn1cc(C)cn1.I. The summed E-state index contributed by atoms with van der Waals surface area (Å²) in [6.07, 6.45) is 7.16. The van der Waals surface area contributed by atoms with Crippen LogP contribution < -0.4 is 10.6 Å². The van der Waals surface area contributed by atoms with Crippen molar-refractivity contribution < 1.29 is 0 Å². The van der Waals surface area contributed by atoms with E-state index in [1.807, 2.05) is 17.9 Å². The monoisotopic (exact) mass is 441 g/mol. The third-order valence-electron chi connectivity index (χ3n) is 3.62. The van der Waals surface area contributed by atoms with Gasteiger partial charge in [-0.05, 0) is 37.3 Å². The summed E-state index contributed by atoms with van der Waals surface area (Å²) >= 11 is 0. The summed E-state index contributed by atoms with van der Waals surface area (Å²) in [5.74, 6) is 0.870. The van der Waals surface area contributed by atoms with Crippen LogP contribution in [0.1, 0.15) is 24.0 Å². The molecule has 24 heavy (non-hydrogen) atoms. The van der Waals surface area contributed by atoms with Gasteiger partial charge in [-0.1, -0.05) is 30.3 Å². The Balaban J connectivity index is 0.00000288. The van der Waals surface area contributed by atoms with Gasteiger partial charge in [0, 0.05) is 32.9 Å². The molecule has 0 spiro atoms. The Hall–Kier alpha value is -1.57. The molecule has 1 aromatic heterocycles. The molecule has 0 saturated carbocycles. The van der Waals surface area contributed by atoms with Crippen molar-refractivity contribution in [2.45, 2.75) is 32.7 Å². The number of halogens is 1. The zero-order valence-corrected chi connectivity index (χ0v) is 16.9. The molecule has 0 aliphatic heterocycles. The van der Waals surface area contributed by atoms with Gasteiger partial charge in [0.05, 0.1) is 6.20 Å². The number of aromatic nitrogens is 2. The molecular formula is C18H28IN5. The molecule has 2 N–H and O–H groups in total. The highest BCUT2D eigenvalue weighted by molar-refractivity contribution is 14.0. The van der Waals surface area contributed by atoms with Crippen LogP contribution in [0.15, 0.2) is 47.7 Å². The number of hydrogen-bond acceptors (Lipinski definition) is 2. The third-order valence-corrected chi connectivity index (χ3v) is 3.62. The smallest absolute Gasteiger partial charge is 0.190 e. The normalized spacial score (nSPS) is 11.0. The van der Waals surface area contributed by atoms with E-state index in [2.05, 4.69) is 64.2 Å². The quantitative estimate of drug-likeness (QED) is 0.287. The highest BCUT2D eigenvalue weighted by Gasteiger charge is 1.98. The van der Waals surface area contributed by atoms with Crippen molar-refractivity contribution in [1.29, 1.82) is 0 Å². The predicted molar refractivity (Wildman–Crippen MR) is 111 cm³/mol. The second-order valence-corrected chi connectivity index (χ2v) is 5.65. The van der Waals surface area contributed by atoms with Crippen LogP contribution in [-0.2, 0) is 13.0 Å². The summed E-state index contributed by atoms with van der Waals surface area (Å²) in [5.41, 5.74) is 2.58. The Morgan fingerprint density at radius 2 is 1.83 bits per heavy atom. The van der Waals surface area contributed by atoms with E-state index in [0.29, 0.717) is 0 Å². The molecule has 0 amide bonds. The van der Waals surface area contributed by atoms with E-state index < -0.39 is 0 Å². The molecule has 0 fully saturated rings. The minimum absolute atomic E-state index is 0. The fourth-order valence-corrected chi connectivity index (χ4v) is 2.40. The summed E-state index contributed by atoms with van der Waals surface area (Å²) < 4.78 is 1.98. The number of nitrogens with zero attached hydrogens (tertiary/aromatic N) is 3. The Morgan fingerprint density at radius 1 is 1.12 bits per heavy atom. The van der Waals surface area contributed by atoms with Crippen molar-refractivity contribution in [3.63, 3.8) is 0 Å². The summed E-state index contributed by atoms with van der Waals surface area (Å²) in [7, 11) is 1.81. The zero-order chi connectivity index (χ0) is 16.3. The van der Waals surface area contributed by atoms with Gasteiger partial charge in [-0.25, -0.2) is 0 Å². The number of aryl methyl sites for hydroxylation is 3. The molecule has 0 bridgehead atoms. The summed E-state index contributed by atoms with van der Waals surface area (Å²) in [6.45, 7) is 4.79. The molecule has 1 aromatic carbocycles. The zero-order valence-electron chi connectivity index (χ0n) is 14.5. The number of nitrogens with one attached hydrogen (secondary N) is 2. The second-order valence-electron chi connectivity index (χ2n) is 5.65. The molecule has 132 valence electrons. The van der Waals surface area contributed by atoms with E-state index in [4.69, 9.17) is 0 Å².